The van der Waals surface area contributed by atoms with Gasteiger partial charge in [0, 0.05) is 35.2 Å². The number of allylic oxidation sites excluding steroid dienone is 1. The van der Waals surface area contributed by atoms with Gasteiger partial charge in [-0.2, -0.15) is 9.97 Å². The summed E-state index contributed by atoms with van der Waals surface area (Å²) in [5.74, 6) is 1.33. The molecule has 1 fully saturated rings. The molecule has 0 bridgehead atoms. The number of hydrogen-bond acceptors (Lipinski definition) is 7. The minimum atomic E-state index is 0.244. The zero-order valence-corrected chi connectivity index (χ0v) is 20.7. The van der Waals surface area contributed by atoms with Gasteiger partial charge in [-0.1, -0.05) is 19.2 Å². The van der Waals surface area contributed by atoms with Crippen LogP contribution in [-0.4, -0.2) is 50.6 Å². The maximum absolute atomic E-state index is 4.87. The lowest BCUT2D eigenvalue weighted by Crippen LogP contribution is -2.36. The number of anilines is 4. The molecule has 3 aromatic rings. The fraction of sp³-hybridized carbons (Fsp3) is 0.423. The number of nitrogens with one attached hydrogen (secondary N) is 3. The predicted octanol–water partition coefficient (Wildman–Crippen LogP) is 5.55. The number of hydrogen-bond donors (Lipinski definition) is 3. The molecular formula is C26H36N8. The van der Waals surface area contributed by atoms with Gasteiger partial charge < -0.3 is 25.4 Å². The van der Waals surface area contributed by atoms with Gasteiger partial charge in [-0.05, 0) is 77.9 Å². The highest BCUT2D eigenvalue weighted by Crippen LogP contribution is 2.29. The van der Waals surface area contributed by atoms with E-state index in [1.54, 1.807) is 6.08 Å². The summed E-state index contributed by atoms with van der Waals surface area (Å²) in [6, 6.07) is 9.25. The van der Waals surface area contributed by atoms with Gasteiger partial charge in [0.2, 0.25) is 5.95 Å². The third-order valence-electron chi connectivity index (χ3n) is 6.41. The Kier molecular flexibility index (Phi) is 7.17. The monoisotopic (exact) mass is 460 g/mol. The molecule has 180 valence electrons. The second kappa shape index (κ2) is 10.3. The summed E-state index contributed by atoms with van der Waals surface area (Å²) in [6.07, 6.45) is 8.11. The summed E-state index contributed by atoms with van der Waals surface area (Å²) in [6.45, 7) is 11.9. The number of fused-ring (bicyclic) bond motifs is 1. The molecule has 4 rings (SSSR count). The first kappa shape index (κ1) is 23.8. The molecule has 0 unspecified atom stereocenters. The minimum Gasteiger partial charge on any atom is -0.356 e. The predicted molar refractivity (Wildman–Crippen MR) is 142 cm³/mol. The van der Waals surface area contributed by atoms with Gasteiger partial charge in [-0.15, -0.1) is 0 Å². The highest BCUT2D eigenvalue weighted by atomic mass is 15.2. The van der Waals surface area contributed by atoms with E-state index in [9.17, 15) is 0 Å². The Hall–Kier alpha value is -3.39. The van der Waals surface area contributed by atoms with Crippen LogP contribution in [0.2, 0.25) is 0 Å². The third-order valence-corrected chi connectivity index (χ3v) is 6.41. The average Bonchev–Trinajstić information content (AvgIpc) is 3.24. The number of aromatic nitrogens is 4. The van der Waals surface area contributed by atoms with Crippen LogP contribution >= 0.6 is 0 Å². The molecule has 0 spiro atoms. The van der Waals surface area contributed by atoms with Crippen molar-refractivity contribution in [3.8, 4) is 0 Å². The van der Waals surface area contributed by atoms with Crippen LogP contribution in [0.25, 0.3) is 11.2 Å². The zero-order valence-electron chi connectivity index (χ0n) is 20.7. The van der Waals surface area contributed by atoms with Crippen LogP contribution in [0, 0.1) is 0 Å². The third kappa shape index (κ3) is 5.39. The largest absolute Gasteiger partial charge is 0.356 e. The van der Waals surface area contributed by atoms with E-state index in [1.165, 1.54) is 12.8 Å². The Labute approximate surface area is 202 Å². The van der Waals surface area contributed by atoms with Gasteiger partial charge in [0.1, 0.15) is 0 Å². The van der Waals surface area contributed by atoms with Crippen molar-refractivity contribution in [3.63, 3.8) is 0 Å². The van der Waals surface area contributed by atoms with Gasteiger partial charge in [-0.3, -0.25) is 0 Å². The van der Waals surface area contributed by atoms with E-state index in [2.05, 4.69) is 71.5 Å². The Morgan fingerprint density at radius 1 is 1.15 bits per heavy atom. The second-order valence-electron chi connectivity index (χ2n) is 9.49. The molecule has 0 saturated heterocycles. The topological polar surface area (TPSA) is 82.9 Å². The fourth-order valence-electron chi connectivity index (χ4n) is 4.41. The summed E-state index contributed by atoms with van der Waals surface area (Å²) in [7, 11) is 4.33. The summed E-state index contributed by atoms with van der Waals surface area (Å²) in [5.41, 5.74) is 4.14. The molecule has 0 atom stereocenters. The molecule has 3 N–H and O–H groups in total. The number of nitrogens with zero attached hydrogens (tertiary/aromatic N) is 5. The number of benzene rings is 1. The van der Waals surface area contributed by atoms with Crippen LogP contribution in [-0.2, 0) is 0 Å². The Balaban J connectivity index is 1.62. The summed E-state index contributed by atoms with van der Waals surface area (Å²) in [4.78, 5) is 16.7. The van der Waals surface area contributed by atoms with Gasteiger partial charge in [0.15, 0.2) is 17.0 Å². The van der Waals surface area contributed by atoms with Crippen molar-refractivity contribution in [2.45, 2.75) is 57.7 Å². The van der Waals surface area contributed by atoms with Gasteiger partial charge >= 0.3 is 0 Å². The van der Waals surface area contributed by atoms with Crippen LogP contribution in [0.4, 0.5) is 23.1 Å². The quantitative estimate of drug-likeness (QED) is 0.361. The lowest BCUT2D eigenvalue weighted by molar-refractivity contribution is 0.221. The molecule has 0 radical (unpaired) electrons. The minimum absolute atomic E-state index is 0.244. The molecule has 8 nitrogen and oxygen atoms in total. The van der Waals surface area contributed by atoms with E-state index in [0.29, 0.717) is 23.8 Å². The smallest absolute Gasteiger partial charge is 0.227 e. The number of rotatable bonds is 9. The molecule has 2 aromatic heterocycles. The zero-order chi connectivity index (χ0) is 24.2. The Morgan fingerprint density at radius 3 is 2.56 bits per heavy atom. The molecule has 0 amide bonds. The molecular weight excluding hydrogens is 424 g/mol. The van der Waals surface area contributed by atoms with Crippen LogP contribution < -0.4 is 16.0 Å². The van der Waals surface area contributed by atoms with Crippen molar-refractivity contribution < 1.29 is 0 Å². The molecule has 2 heterocycles. The van der Waals surface area contributed by atoms with Crippen molar-refractivity contribution in [2.75, 3.05) is 30.0 Å². The van der Waals surface area contributed by atoms with Crippen molar-refractivity contribution in [1.29, 1.82) is 0 Å². The Morgan fingerprint density at radius 2 is 1.88 bits per heavy atom. The van der Waals surface area contributed by atoms with E-state index in [-0.39, 0.29) is 6.04 Å². The maximum Gasteiger partial charge on any atom is 0.227 e. The maximum atomic E-state index is 4.87. The van der Waals surface area contributed by atoms with Gasteiger partial charge in [-0.25, -0.2) is 4.98 Å². The van der Waals surface area contributed by atoms with Crippen LogP contribution in [0.15, 0.2) is 55.5 Å². The second-order valence-corrected chi connectivity index (χ2v) is 9.49. The summed E-state index contributed by atoms with van der Waals surface area (Å²) >= 11 is 0. The lowest BCUT2D eigenvalue weighted by Gasteiger charge is -2.33. The highest BCUT2D eigenvalue weighted by molar-refractivity contribution is 5.87. The molecule has 1 aliphatic carbocycles. The van der Waals surface area contributed by atoms with E-state index in [1.807, 2.05) is 30.6 Å². The van der Waals surface area contributed by atoms with Crippen LogP contribution in [0.5, 0.6) is 0 Å². The summed E-state index contributed by atoms with van der Waals surface area (Å²) < 4.78 is 2.09. The molecule has 1 saturated carbocycles. The highest BCUT2D eigenvalue weighted by Gasteiger charge is 2.24. The normalized spacial score (nSPS) is 18.3. The standard InChI is InChI=1S/C26H36N8/c1-7-18(4)28-20-9-8-10-21(15-20)29-24-23-25(34(16-27-23)17(2)3)32-26(31-24)30-19-11-13-22(14-12-19)33(5)6/h7-10,15-17,19,22,28H,1,4,11-14H2,2-3,5-6H3,(H2,29,30,31,32)/t19-,22+. The first-order valence-corrected chi connectivity index (χ1v) is 12.0. The van der Waals surface area contributed by atoms with Crippen LogP contribution in [0.1, 0.15) is 45.6 Å². The first-order valence-electron chi connectivity index (χ1n) is 12.0. The van der Waals surface area contributed by atoms with Gasteiger partial charge in [0.25, 0.3) is 0 Å². The van der Waals surface area contributed by atoms with Crippen molar-refractivity contribution >= 4 is 34.3 Å². The van der Waals surface area contributed by atoms with Crippen molar-refractivity contribution in [3.05, 3.63) is 55.5 Å². The van der Waals surface area contributed by atoms with E-state index < -0.39 is 0 Å². The fourth-order valence-corrected chi connectivity index (χ4v) is 4.41. The molecule has 34 heavy (non-hydrogen) atoms. The van der Waals surface area contributed by atoms with Crippen LogP contribution in [0.3, 0.4) is 0 Å². The lowest BCUT2D eigenvalue weighted by atomic mass is 9.91. The average molecular weight is 461 g/mol. The van der Waals surface area contributed by atoms with Crippen molar-refractivity contribution in [2.24, 2.45) is 0 Å². The molecule has 0 aliphatic heterocycles. The van der Waals surface area contributed by atoms with E-state index in [0.717, 1.165) is 41.1 Å². The SMILES string of the molecule is C=CC(=C)Nc1cccc(Nc2nc(N[C@H]3CC[C@@H](N(C)C)CC3)nc3c2ncn3C(C)C)c1. The van der Waals surface area contributed by atoms with Gasteiger partial charge in [0.05, 0.1) is 6.33 Å². The van der Waals surface area contributed by atoms with E-state index in [4.69, 9.17) is 9.97 Å². The van der Waals surface area contributed by atoms with E-state index >= 15 is 0 Å². The van der Waals surface area contributed by atoms with Crippen molar-refractivity contribution in [1.82, 2.24) is 24.4 Å². The molecule has 1 aromatic carbocycles. The first-order chi connectivity index (χ1) is 16.3. The molecule has 1 aliphatic rings. The number of imidazole rings is 1. The molecule has 8 heteroatoms. The summed E-state index contributed by atoms with van der Waals surface area (Å²) in [5, 5.41) is 10.3. The Bertz CT molecular complexity index is 1150.